The molecule has 0 saturated carbocycles. The molecule has 0 aliphatic carbocycles. The van der Waals surface area contributed by atoms with Crippen molar-refractivity contribution in [2.45, 2.75) is 13.1 Å². The van der Waals surface area contributed by atoms with E-state index in [1.807, 2.05) is 0 Å². The minimum absolute atomic E-state index is 0.0424. The normalized spacial score (nSPS) is 11.6. The summed E-state index contributed by atoms with van der Waals surface area (Å²) in [5.74, 6) is 1.00. The highest BCUT2D eigenvalue weighted by Gasteiger charge is 2.31. The average molecular weight is 254 g/mol. The molecule has 1 aromatic carbocycles. The number of benzene rings is 1. The van der Waals surface area contributed by atoms with Gasteiger partial charge in [0.05, 0.1) is 5.56 Å². The van der Waals surface area contributed by atoms with Crippen LogP contribution < -0.4 is 0 Å². The van der Waals surface area contributed by atoms with Gasteiger partial charge in [0.2, 0.25) is 0 Å². The van der Waals surface area contributed by atoms with Gasteiger partial charge in [0.25, 0.3) is 0 Å². The van der Waals surface area contributed by atoms with E-state index in [1.54, 1.807) is 19.1 Å². The number of furan rings is 1. The summed E-state index contributed by atoms with van der Waals surface area (Å²) in [6.07, 6.45) is -4.07. The molecule has 0 atom stereocenters. The van der Waals surface area contributed by atoms with E-state index in [2.05, 4.69) is 0 Å². The molecule has 0 bridgehead atoms. The van der Waals surface area contributed by atoms with E-state index in [0.29, 0.717) is 23.4 Å². The summed E-state index contributed by atoms with van der Waals surface area (Å²) in [5, 5.41) is 0. The van der Waals surface area contributed by atoms with Gasteiger partial charge in [0.1, 0.15) is 11.5 Å². The van der Waals surface area contributed by atoms with Crippen LogP contribution >= 0.6 is 0 Å². The number of hydrogen-bond acceptors (Lipinski definition) is 2. The lowest BCUT2D eigenvalue weighted by Gasteiger charge is -2.09. The first-order valence-electron chi connectivity index (χ1n) is 5.15. The molecule has 0 N–H and O–H groups in total. The first-order valence-corrected chi connectivity index (χ1v) is 5.15. The van der Waals surface area contributed by atoms with Crippen molar-refractivity contribution in [3.63, 3.8) is 0 Å². The van der Waals surface area contributed by atoms with Crippen LogP contribution in [0.15, 0.2) is 34.7 Å². The van der Waals surface area contributed by atoms with Gasteiger partial charge in [-0.1, -0.05) is 0 Å². The lowest BCUT2D eigenvalue weighted by atomic mass is 10.0. The summed E-state index contributed by atoms with van der Waals surface area (Å²) in [7, 11) is 0. The molecular formula is C13H9F3O2. The van der Waals surface area contributed by atoms with Gasteiger partial charge < -0.3 is 4.42 Å². The molecule has 0 radical (unpaired) electrons. The third-order valence-electron chi connectivity index (χ3n) is 2.51. The second kappa shape index (κ2) is 4.33. The third kappa shape index (κ3) is 2.30. The third-order valence-corrected chi connectivity index (χ3v) is 2.51. The molecule has 2 rings (SSSR count). The number of carbonyl (C=O) groups is 1. The Kier molecular flexibility index (Phi) is 2.98. The van der Waals surface area contributed by atoms with Gasteiger partial charge in [-0.2, -0.15) is 13.2 Å². The fourth-order valence-electron chi connectivity index (χ4n) is 1.64. The van der Waals surface area contributed by atoms with E-state index >= 15 is 0 Å². The van der Waals surface area contributed by atoms with Crippen molar-refractivity contribution in [3.05, 3.63) is 47.2 Å². The van der Waals surface area contributed by atoms with Gasteiger partial charge in [-0.05, 0) is 37.3 Å². The molecule has 1 aromatic heterocycles. The van der Waals surface area contributed by atoms with Crippen molar-refractivity contribution in [1.29, 1.82) is 0 Å². The van der Waals surface area contributed by atoms with E-state index in [4.69, 9.17) is 4.42 Å². The molecule has 0 aliphatic rings. The smallest absolute Gasteiger partial charge is 0.416 e. The zero-order chi connectivity index (χ0) is 13.3. The summed E-state index contributed by atoms with van der Waals surface area (Å²) in [6.45, 7) is 1.72. The van der Waals surface area contributed by atoms with E-state index < -0.39 is 11.7 Å². The van der Waals surface area contributed by atoms with Gasteiger partial charge in [-0.25, -0.2) is 0 Å². The number of alkyl halides is 3. The summed E-state index contributed by atoms with van der Waals surface area (Å²) < 4.78 is 42.8. The van der Waals surface area contributed by atoms with Crippen molar-refractivity contribution < 1.29 is 22.4 Å². The Morgan fingerprint density at radius 2 is 1.89 bits per heavy atom. The molecule has 0 fully saturated rings. The molecule has 18 heavy (non-hydrogen) atoms. The van der Waals surface area contributed by atoms with E-state index in [1.165, 1.54) is 6.07 Å². The lowest BCUT2D eigenvalue weighted by Crippen LogP contribution is -2.05. The number of aryl methyl sites for hydroxylation is 1. The number of halogens is 3. The molecular weight excluding hydrogens is 245 g/mol. The zero-order valence-corrected chi connectivity index (χ0v) is 9.41. The van der Waals surface area contributed by atoms with Crippen LogP contribution in [-0.2, 0) is 6.18 Å². The highest BCUT2D eigenvalue weighted by molar-refractivity contribution is 5.86. The summed E-state index contributed by atoms with van der Waals surface area (Å²) in [5.41, 5.74) is -0.540. The number of carbonyl (C=O) groups excluding carboxylic acids is 1. The van der Waals surface area contributed by atoms with Crippen molar-refractivity contribution >= 4 is 6.29 Å². The van der Waals surface area contributed by atoms with Crippen LogP contribution in [0.25, 0.3) is 11.3 Å². The lowest BCUT2D eigenvalue weighted by molar-refractivity contribution is -0.137. The minimum atomic E-state index is -4.46. The highest BCUT2D eigenvalue weighted by atomic mass is 19.4. The largest absolute Gasteiger partial charge is 0.461 e. The van der Waals surface area contributed by atoms with E-state index in [-0.39, 0.29) is 5.56 Å². The molecule has 0 unspecified atom stereocenters. The standard InChI is InChI=1S/C13H9F3O2/c1-8-2-5-12(18-8)11-4-3-10(13(14,15)16)6-9(11)7-17/h2-7H,1H3. The van der Waals surface area contributed by atoms with Crippen LogP contribution in [0.1, 0.15) is 21.7 Å². The Balaban J connectivity index is 2.54. The first-order chi connectivity index (χ1) is 8.41. The van der Waals surface area contributed by atoms with Crippen LogP contribution in [0, 0.1) is 6.92 Å². The quantitative estimate of drug-likeness (QED) is 0.755. The summed E-state index contributed by atoms with van der Waals surface area (Å²) in [4.78, 5) is 10.9. The Bertz CT molecular complexity index is 582. The zero-order valence-electron chi connectivity index (χ0n) is 9.41. The van der Waals surface area contributed by atoms with Gasteiger partial charge in [0, 0.05) is 11.1 Å². The van der Waals surface area contributed by atoms with Gasteiger partial charge in [0.15, 0.2) is 6.29 Å². The van der Waals surface area contributed by atoms with Crippen molar-refractivity contribution in [1.82, 2.24) is 0 Å². The predicted molar refractivity (Wildman–Crippen MR) is 59.3 cm³/mol. The van der Waals surface area contributed by atoms with Crippen LogP contribution in [-0.4, -0.2) is 6.29 Å². The number of hydrogen-bond donors (Lipinski definition) is 0. The highest BCUT2D eigenvalue weighted by Crippen LogP contribution is 2.33. The van der Waals surface area contributed by atoms with Gasteiger partial charge >= 0.3 is 6.18 Å². The maximum absolute atomic E-state index is 12.5. The van der Waals surface area contributed by atoms with E-state index in [0.717, 1.165) is 12.1 Å². The van der Waals surface area contributed by atoms with E-state index in [9.17, 15) is 18.0 Å². The van der Waals surface area contributed by atoms with Crippen LogP contribution in [0.3, 0.4) is 0 Å². The summed E-state index contributed by atoms with van der Waals surface area (Å²) >= 11 is 0. The Hall–Kier alpha value is -2.04. The molecule has 1 heterocycles. The molecule has 5 heteroatoms. The van der Waals surface area contributed by atoms with Gasteiger partial charge in [-0.15, -0.1) is 0 Å². The molecule has 0 saturated heterocycles. The number of aldehydes is 1. The molecule has 0 spiro atoms. The molecule has 0 amide bonds. The van der Waals surface area contributed by atoms with Crippen molar-refractivity contribution in [2.75, 3.05) is 0 Å². The SMILES string of the molecule is Cc1ccc(-c2ccc(C(F)(F)F)cc2C=O)o1. The second-order valence-corrected chi connectivity index (χ2v) is 3.83. The van der Waals surface area contributed by atoms with Crippen LogP contribution in [0.2, 0.25) is 0 Å². The van der Waals surface area contributed by atoms with Gasteiger partial charge in [-0.3, -0.25) is 4.79 Å². The summed E-state index contributed by atoms with van der Waals surface area (Å²) in [6, 6.07) is 6.29. The maximum Gasteiger partial charge on any atom is 0.416 e. The second-order valence-electron chi connectivity index (χ2n) is 3.83. The minimum Gasteiger partial charge on any atom is -0.461 e. The Labute approximate surface area is 101 Å². The average Bonchev–Trinajstić information content (AvgIpc) is 2.73. The predicted octanol–water partition coefficient (Wildman–Crippen LogP) is 4.09. The van der Waals surface area contributed by atoms with Crippen molar-refractivity contribution in [3.8, 4) is 11.3 Å². The first kappa shape index (κ1) is 12.4. The maximum atomic E-state index is 12.5. The van der Waals surface area contributed by atoms with Crippen molar-refractivity contribution in [2.24, 2.45) is 0 Å². The fourth-order valence-corrected chi connectivity index (χ4v) is 1.64. The molecule has 2 nitrogen and oxygen atoms in total. The Morgan fingerprint density at radius 1 is 1.17 bits per heavy atom. The topological polar surface area (TPSA) is 30.2 Å². The molecule has 0 aliphatic heterocycles. The van der Waals surface area contributed by atoms with Crippen LogP contribution in [0.5, 0.6) is 0 Å². The van der Waals surface area contributed by atoms with Crippen LogP contribution in [0.4, 0.5) is 13.2 Å². The number of rotatable bonds is 2. The molecule has 2 aromatic rings. The monoisotopic (exact) mass is 254 g/mol. The fraction of sp³-hybridized carbons (Fsp3) is 0.154. The molecule has 94 valence electrons. The Morgan fingerprint density at radius 3 is 2.39 bits per heavy atom.